The summed E-state index contributed by atoms with van der Waals surface area (Å²) >= 11 is 3.31. The zero-order valence-electron chi connectivity index (χ0n) is 13.1. The van der Waals surface area contributed by atoms with Crippen LogP contribution < -0.4 is 21.1 Å². The number of ether oxygens (including phenoxy) is 1. The van der Waals surface area contributed by atoms with Gasteiger partial charge < -0.3 is 9.72 Å². The maximum absolute atomic E-state index is 12.0. The van der Waals surface area contributed by atoms with Gasteiger partial charge in [-0.15, -0.1) is 0 Å². The lowest BCUT2D eigenvalue weighted by Gasteiger charge is -2.15. The Bertz CT molecular complexity index is 819. The maximum atomic E-state index is 12.0. The van der Waals surface area contributed by atoms with E-state index in [9.17, 15) is 14.4 Å². The van der Waals surface area contributed by atoms with Crippen molar-refractivity contribution in [2.45, 2.75) is 20.0 Å². The molecule has 0 radical (unpaired) electrons. The number of H-pyrrole nitrogens is 1. The van der Waals surface area contributed by atoms with Gasteiger partial charge in [-0.1, -0.05) is 22.0 Å². The largest absolute Gasteiger partial charge is 0.481 e. The second-order valence-corrected chi connectivity index (χ2v) is 5.96. The number of hydrogen-bond acceptors (Lipinski definition) is 4. The van der Waals surface area contributed by atoms with Crippen LogP contribution in [0.2, 0.25) is 0 Å². The van der Waals surface area contributed by atoms with Crippen LogP contribution in [0.5, 0.6) is 5.75 Å². The number of nitrogens with one attached hydrogen (secondary N) is 3. The van der Waals surface area contributed by atoms with Crippen LogP contribution in [-0.4, -0.2) is 22.9 Å². The van der Waals surface area contributed by atoms with Gasteiger partial charge in [0, 0.05) is 10.2 Å². The van der Waals surface area contributed by atoms with E-state index in [0.29, 0.717) is 11.4 Å². The Morgan fingerprint density at radius 3 is 2.62 bits per heavy atom. The molecular weight excluding hydrogens is 378 g/mol. The quantitative estimate of drug-likeness (QED) is 0.687. The van der Waals surface area contributed by atoms with Gasteiger partial charge in [0.2, 0.25) is 0 Å². The molecule has 1 atom stereocenters. The van der Waals surface area contributed by atoms with E-state index in [-0.39, 0.29) is 5.56 Å². The summed E-state index contributed by atoms with van der Waals surface area (Å²) in [5, 5.41) is 0. The number of hydrazine groups is 1. The molecule has 3 N–H and O–H groups in total. The molecule has 1 aromatic heterocycles. The third-order valence-corrected chi connectivity index (χ3v) is 3.57. The van der Waals surface area contributed by atoms with Gasteiger partial charge >= 0.3 is 0 Å². The van der Waals surface area contributed by atoms with Crippen molar-refractivity contribution in [3.05, 3.63) is 62.5 Å². The Hall–Kier alpha value is -2.61. The van der Waals surface area contributed by atoms with Gasteiger partial charge in [-0.2, -0.15) is 0 Å². The zero-order valence-corrected chi connectivity index (χ0v) is 14.6. The maximum Gasteiger partial charge on any atom is 0.279 e. The molecule has 0 bridgehead atoms. The molecule has 2 rings (SSSR count). The minimum absolute atomic E-state index is 0.0959. The predicted octanol–water partition coefficient (Wildman–Crippen LogP) is 1.67. The number of aromatic nitrogens is 1. The molecule has 126 valence electrons. The number of aromatic amines is 1. The lowest BCUT2D eigenvalue weighted by Crippen LogP contribution is -2.48. The SMILES string of the molecule is Cc1ccc(C(=O)NNC(=O)C(C)Oc2cccc(Br)c2)c(=O)[nH]1. The number of hydrogen-bond donors (Lipinski definition) is 3. The zero-order chi connectivity index (χ0) is 17.7. The van der Waals surface area contributed by atoms with Crippen molar-refractivity contribution >= 4 is 27.7 Å². The van der Waals surface area contributed by atoms with E-state index < -0.39 is 23.5 Å². The van der Waals surface area contributed by atoms with Crippen molar-refractivity contribution in [2.75, 3.05) is 0 Å². The molecule has 1 aromatic carbocycles. The highest BCUT2D eigenvalue weighted by Crippen LogP contribution is 2.18. The summed E-state index contributed by atoms with van der Waals surface area (Å²) in [4.78, 5) is 38.1. The number of amides is 2. The van der Waals surface area contributed by atoms with E-state index in [1.165, 1.54) is 6.07 Å². The van der Waals surface area contributed by atoms with Crippen LogP contribution in [0.15, 0.2) is 45.7 Å². The van der Waals surface area contributed by atoms with Crippen molar-refractivity contribution in [3.63, 3.8) is 0 Å². The van der Waals surface area contributed by atoms with Gasteiger partial charge in [0.05, 0.1) is 0 Å². The van der Waals surface area contributed by atoms with E-state index in [4.69, 9.17) is 4.74 Å². The molecule has 0 saturated carbocycles. The number of pyridine rings is 1. The number of rotatable bonds is 4. The average molecular weight is 394 g/mol. The van der Waals surface area contributed by atoms with Gasteiger partial charge in [-0.3, -0.25) is 25.2 Å². The molecule has 24 heavy (non-hydrogen) atoms. The lowest BCUT2D eigenvalue weighted by atomic mass is 10.2. The van der Waals surface area contributed by atoms with E-state index >= 15 is 0 Å². The van der Waals surface area contributed by atoms with E-state index in [2.05, 4.69) is 31.8 Å². The Morgan fingerprint density at radius 2 is 1.96 bits per heavy atom. The number of aryl methyl sites for hydroxylation is 1. The Kier molecular flexibility index (Phi) is 5.75. The minimum atomic E-state index is -0.837. The summed E-state index contributed by atoms with van der Waals surface area (Å²) in [5.41, 5.74) is 4.43. The average Bonchev–Trinajstić information content (AvgIpc) is 2.52. The molecular formula is C16H16BrN3O4. The lowest BCUT2D eigenvalue weighted by molar-refractivity contribution is -0.128. The molecule has 7 nitrogen and oxygen atoms in total. The molecule has 8 heteroatoms. The fourth-order valence-electron chi connectivity index (χ4n) is 1.84. The monoisotopic (exact) mass is 393 g/mol. The third-order valence-electron chi connectivity index (χ3n) is 3.08. The van der Waals surface area contributed by atoms with Crippen LogP contribution in [0.3, 0.4) is 0 Å². The molecule has 0 fully saturated rings. The number of benzene rings is 1. The summed E-state index contributed by atoms with van der Waals surface area (Å²) in [6, 6.07) is 10.0. The van der Waals surface area contributed by atoms with Gasteiger partial charge in [0.1, 0.15) is 11.3 Å². The normalized spacial score (nSPS) is 11.5. The van der Waals surface area contributed by atoms with Crippen LogP contribution in [0.4, 0.5) is 0 Å². The fraction of sp³-hybridized carbons (Fsp3) is 0.188. The highest BCUT2D eigenvalue weighted by atomic mass is 79.9. The third kappa shape index (κ3) is 4.69. The van der Waals surface area contributed by atoms with Crippen molar-refractivity contribution in [3.8, 4) is 5.75 Å². The highest BCUT2D eigenvalue weighted by molar-refractivity contribution is 9.10. The van der Waals surface area contributed by atoms with Crippen LogP contribution in [-0.2, 0) is 4.79 Å². The van der Waals surface area contributed by atoms with Crippen molar-refractivity contribution in [1.82, 2.24) is 15.8 Å². The van der Waals surface area contributed by atoms with Crippen LogP contribution in [0.25, 0.3) is 0 Å². The molecule has 0 aliphatic carbocycles. The Labute approximate surface area is 146 Å². The smallest absolute Gasteiger partial charge is 0.279 e. The van der Waals surface area contributed by atoms with E-state index in [0.717, 1.165) is 4.47 Å². The molecule has 0 spiro atoms. The molecule has 0 aliphatic rings. The second-order valence-electron chi connectivity index (χ2n) is 5.04. The Morgan fingerprint density at radius 1 is 1.21 bits per heavy atom. The first-order valence-corrected chi connectivity index (χ1v) is 7.88. The summed E-state index contributed by atoms with van der Waals surface area (Å²) in [7, 11) is 0. The standard InChI is InChI=1S/C16H16BrN3O4/c1-9-6-7-13(15(22)18-9)16(23)20-19-14(21)10(2)24-12-5-3-4-11(17)8-12/h3-8,10H,1-2H3,(H,18,22)(H,19,21)(H,20,23). The topological polar surface area (TPSA) is 100 Å². The van der Waals surface area contributed by atoms with Crippen LogP contribution in [0, 0.1) is 6.92 Å². The first kappa shape index (κ1) is 17.7. The first-order chi connectivity index (χ1) is 11.4. The van der Waals surface area contributed by atoms with E-state index in [1.54, 1.807) is 38.1 Å². The number of carbonyl (C=O) groups excluding carboxylic acids is 2. The van der Waals surface area contributed by atoms with Gasteiger partial charge in [0.15, 0.2) is 6.10 Å². The van der Waals surface area contributed by atoms with Crippen LogP contribution >= 0.6 is 15.9 Å². The van der Waals surface area contributed by atoms with Crippen molar-refractivity contribution < 1.29 is 14.3 Å². The molecule has 0 aliphatic heterocycles. The molecule has 2 amide bonds. The van der Waals surface area contributed by atoms with Gasteiger partial charge in [-0.25, -0.2) is 0 Å². The number of halogens is 1. The van der Waals surface area contributed by atoms with Gasteiger partial charge in [0.25, 0.3) is 17.4 Å². The molecule has 1 unspecified atom stereocenters. The summed E-state index contributed by atoms with van der Waals surface area (Å²) < 4.78 is 6.29. The molecule has 2 aromatic rings. The molecule has 0 saturated heterocycles. The van der Waals surface area contributed by atoms with Crippen LogP contribution in [0.1, 0.15) is 23.0 Å². The minimum Gasteiger partial charge on any atom is -0.481 e. The number of carbonyl (C=O) groups is 2. The van der Waals surface area contributed by atoms with Crippen molar-refractivity contribution in [1.29, 1.82) is 0 Å². The Balaban J connectivity index is 1.92. The summed E-state index contributed by atoms with van der Waals surface area (Å²) in [6.45, 7) is 3.24. The second kappa shape index (κ2) is 7.78. The molecule has 1 heterocycles. The van der Waals surface area contributed by atoms with Gasteiger partial charge in [-0.05, 0) is 44.2 Å². The highest BCUT2D eigenvalue weighted by Gasteiger charge is 2.17. The fourth-order valence-corrected chi connectivity index (χ4v) is 2.21. The summed E-state index contributed by atoms with van der Waals surface area (Å²) in [6.07, 6.45) is -0.837. The predicted molar refractivity (Wildman–Crippen MR) is 91.6 cm³/mol. The van der Waals surface area contributed by atoms with E-state index in [1.807, 2.05) is 6.07 Å². The summed E-state index contributed by atoms with van der Waals surface area (Å²) in [5.74, 6) is -0.751. The first-order valence-electron chi connectivity index (χ1n) is 7.09. The van der Waals surface area contributed by atoms with Crippen molar-refractivity contribution in [2.24, 2.45) is 0 Å².